The summed E-state index contributed by atoms with van der Waals surface area (Å²) in [6.07, 6.45) is -4.50. The molecule has 0 fully saturated rings. The molecule has 0 saturated carbocycles. The van der Waals surface area contributed by atoms with Crippen molar-refractivity contribution in [1.82, 2.24) is 19.3 Å². The van der Waals surface area contributed by atoms with E-state index in [1.807, 2.05) is 0 Å². The Morgan fingerprint density at radius 1 is 1.18 bits per heavy atom. The molecule has 3 aromatic rings. The molecule has 9 heteroatoms. The summed E-state index contributed by atoms with van der Waals surface area (Å²) in [4.78, 5) is 12.1. The smallest absolute Gasteiger partial charge is 0.295 e. The van der Waals surface area contributed by atoms with Crippen LogP contribution >= 0.6 is 11.6 Å². The van der Waals surface area contributed by atoms with E-state index in [-0.39, 0.29) is 10.7 Å². The molecule has 0 N–H and O–H groups in total. The molecule has 0 radical (unpaired) electrons. The zero-order valence-electron chi connectivity index (χ0n) is 11.6. The lowest BCUT2D eigenvalue weighted by molar-refractivity contribution is -0.140. The fourth-order valence-electron chi connectivity index (χ4n) is 2.48. The number of aromatic nitrogens is 4. The number of nitrogens with zero attached hydrogens (tertiary/aromatic N) is 4. The third-order valence-electron chi connectivity index (χ3n) is 3.52. The van der Waals surface area contributed by atoms with E-state index in [9.17, 15) is 18.0 Å². The highest BCUT2D eigenvalue weighted by atomic mass is 35.5. The predicted octanol–water partition coefficient (Wildman–Crippen LogP) is 2.81. The fraction of sp³-hybridized carbons (Fsp3) is 0.308. The first-order valence-corrected chi connectivity index (χ1v) is 6.65. The van der Waals surface area contributed by atoms with Crippen LogP contribution in [0.2, 0.25) is 5.15 Å². The highest BCUT2D eigenvalue weighted by molar-refractivity contribution is 6.34. The van der Waals surface area contributed by atoms with Gasteiger partial charge < -0.3 is 0 Å². The second-order valence-electron chi connectivity index (χ2n) is 5.01. The van der Waals surface area contributed by atoms with Gasteiger partial charge in [-0.3, -0.25) is 9.13 Å². The Morgan fingerprint density at radius 3 is 2.45 bits per heavy atom. The number of halogens is 4. The first-order chi connectivity index (χ1) is 10.2. The predicted molar refractivity (Wildman–Crippen MR) is 76.1 cm³/mol. The monoisotopic (exact) mass is 330 g/mol. The lowest BCUT2D eigenvalue weighted by atomic mass is 10.1. The van der Waals surface area contributed by atoms with Crippen LogP contribution in [0.25, 0.3) is 21.8 Å². The SMILES string of the molecule is Cc1nnc(Cl)c2cc3c(cc12)n(C)c(=O)n3CC(F)(F)F. The van der Waals surface area contributed by atoms with Crippen molar-refractivity contribution in [2.45, 2.75) is 19.6 Å². The summed E-state index contributed by atoms with van der Waals surface area (Å²) in [5.41, 5.74) is 0.384. The Labute approximate surface area is 126 Å². The number of hydrogen-bond donors (Lipinski definition) is 0. The van der Waals surface area contributed by atoms with Crippen LogP contribution in [-0.4, -0.2) is 25.5 Å². The standard InChI is InChI=1S/C13H10ClF3N4O/c1-6-7-3-9-10(4-8(7)11(14)19-18-6)21(5-13(15,16)17)12(22)20(9)2/h3-4H,5H2,1-2H3. The molecule has 116 valence electrons. The van der Waals surface area contributed by atoms with Crippen molar-refractivity contribution in [3.05, 3.63) is 33.5 Å². The maximum absolute atomic E-state index is 12.7. The highest BCUT2D eigenvalue weighted by Crippen LogP contribution is 2.28. The minimum atomic E-state index is -4.50. The molecule has 0 atom stereocenters. The first kappa shape index (κ1) is 14.8. The molecular formula is C13H10ClF3N4O. The molecule has 0 spiro atoms. The summed E-state index contributed by atoms with van der Waals surface area (Å²) in [5, 5.41) is 8.81. The average molecular weight is 331 g/mol. The van der Waals surface area contributed by atoms with Gasteiger partial charge in [-0.15, -0.1) is 5.10 Å². The zero-order valence-corrected chi connectivity index (χ0v) is 12.3. The zero-order chi connectivity index (χ0) is 16.2. The maximum Gasteiger partial charge on any atom is 0.406 e. The number of aryl methyl sites for hydroxylation is 2. The Balaban J connectivity index is 2.44. The Morgan fingerprint density at radius 2 is 1.82 bits per heavy atom. The third-order valence-corrected chi connectivity index (χ3v) is 3.80. The topological polar surface area (TPSA) is 52.7 Å². The summed E-state index contributed by atoms with van der Waals surface area (Å²) in [7, 11) is 1.43. The second kappa shape index (κ2) is 4.70. The second-order valence-corrected chi connectivity index (χ2v) is 5.36. The molecule has 0 saturated heterocycles. The van der Waals surface area contributed by atoms with Crippen molar-refractivity contribution in [1.29, 1.82) is 0 Å². The summed E-state index contributed by atoms with van der Waals surface area (Å²) in [5.74, 6) is 0. The van der Waals surface area contributed by atoms with Gasteiger partial charge in [-0.2, -0.15) is 18.3 Å². The van der Waals surface area contributed by atoms with E-state index in [1.54, 1.807) is 13.0 Å². The van der Waals surface area contributed by atoms with Gasteiger partial charge in [0.2, 0.25) is 0 Å². The van der Waals surface area contributed by atoms with Gasteiger partial charge in [0, 0.05) is 17.8 Å². The van der Waals surface area contributed by atoms with Crippen LogP contribution in [0.15, 0.2) is 16.9 Å². The molecule has 2 heterocycles. The summed E-state index contributed by atoms with van der Waals surface area (Å²) in [6, 6.07) is 3.05. The van der Waals surface area contributed by atoms with Crippen LogP contribution in [0.4, 0.5) is 13.2 Å². The number of hydrogen-bond acceptors (Lipinski definition) is 3. The van der Waals surface area contributed by atoms with E-state index in [2.05, 4.69) is 10.2 Å². The van der Waals surface area contributed by atoms with Gasteiger partial charge in [-0.25, -0.2) is 4.79 Å². The van der Waals surface area contributed by atoms with Gasteiger partial charge in [0.05, 0.1) is 16.7 Å². The number of benzene rings is 1. The first-order valence-electron chi connectivity index (χ1n) is 6.27. The normalized spacial score (nSPS) is 12.5. The quantitative estimate of drug-likeness (QED) is 0.689. The molecule has 0 bridgehead atoms. The molecule has 0 aliphatic heterocycles. The fourth-order valence-corrected chi connectivity index (χ4v) is 2.67. The largest absolute Gasteiger partial charge is 0.406 e. The van der Waals surface area contributed by atoms with Crippen molar-refractivity contribution in [3.8, 4) is 0 Å². The Bertz CT molecular complexity index is 958. The molecule has 2 aromatic heterocycles. The van der Waals surface area contributed by atoms with Crippen LogP contribution in [0.3, 0.4) is 0 Å². The average Bonchev–Trinajstić information content (AvgIpc) is 2.65. The molecule has 5 nitrogen and oxygen atoms in total. The molecule has 0 aliphatic carbocycles. The molecular weight excluding hydrogens is 321 g/mol. The van der Waals surface area contributed by atoms with E-state index >= 15 is 0 Å². The van der Waals surface area contributed by atoms with Gasteiger partial charge >= 0.3 is 11.9 Å². The lowest BCUT2D eigenvalue weighted by Crippen LogP contribution is -2.28. The van der Waals surface area contributed by atoms with Crippen LogP contribution in [0.1, 0.15) is 5.69 Å². The van der Waals surface area contributed by atoms with Crippen molar-refractivity contribution >= 4 is 33.4 Å². The van der Waals surface area contributed by atoms with E-state index in [4.69, 9.17) is 11.6 Å². The Hall–Kier alpha value is -2.09. The molecule has 22 heavy (non-hydrogen) atoms. The number of imidazole rings is 1. The van der Waals surface area contributed by atoms with Crippen LogP contribution in [-0.2, 0) is 13.6 Å². The van der Waals surface area contributed by atoms with E-state index in [1.165, 1.54) is 17.7 Å². The summed E-state index contributed by atoms with van der Waals surface area (Å²) >= 11 is 5.97. The minimum absolute atomic E-state index is 0.0809. The van der Waals surface area contributed by atoms with Crippen LogP contribution in [0, 0.1) is 6.92 Å². The summed E-state index contributed by atoms with van der Waals surface area (Å²) in [6.45, 7) is 0.353. The molecule has 3 rings (SSSR count). The van der Waals surface area contributed by atoms with Crippen LogP contribution in [0.5, 0.6) is 0 Å². The molecule has 0 aliphatic rings. The van der Waals surface area contributed by atoms with E-state index in [0.29, 0.717) is 26.6 Å². The van der Waals surface area contributed by atoms with Gasteiger partial charge in [0.15, 0.2) is 5.15 Å². The van der Waals surface area contributed by atoms with Gasteiger partial charge in [0.1, 0.15) is 6.54 Å². The summed E-state index contributed by atoms with van der Waals surface area (Å²) < 4.78 is 40.0. The molecule has 0 unspecified atom stereocenters. The number of rotatable bonds is 1. The minimum Gasteiger partial charge on any atom is -0.295 e. The van der Waals surface area contributed by atoms with E-state index in [0.717, 1.165) is 0 Å². The number of alkyl halides is 3. The lowest BCUT2D eigenvalue weighted by Gasteiger charge is -2.08. The van der Waals surface area contributed by atoms with Gasteiger partial charge in [0.25, 0.3) is 0 Å². The van der Waals surface area contributed by atoms with E-state index < -0.39 is 18.4 Å². The van der Waals surface area contributed by atoms with Crippen molar-refractivity contribution in [3.63, 3.8) is 0 Å². The number of fused-ring (bicyclic) bond motifs is 2. The maximum atomic E-state index is 12.7. The molecule has 1 aromatic carbocycles. The van der Waals surface area contributed by atoms with Gasteiger partial charge in [-0.05, 0) is 19.1 Å². The van der Waals surface area contributed by atoms with Crippen molar-refractivity contribution < 1.29 is 13.2 Å². The molecule has 0 amide bonds. The Kier molecular flexibility index (Phi) is 3.17. The van der Waals surface area contributed by atoms with Crippen molar-refractivity contribution in [2.75, 3.05) is 0 Å². The van der Waals surface area contributed by atoms with Gasteiger partial charge in [-0.1, -0.05) is 11.6 Å². The highest BCUT2D eigenvalue weighted by Gasteiger charge is 2.30. The third kappa shape index (κ3) is 2.23. The van der Waals surface area contributed by atoms with Crippen LogP contribution < -0.4 is 5.69 Å². The van der Waals surface area contributed by atoms with Crippen molar-refractivity contribution in [2.24, 2.45) is 7.05 Å².